The Labute approximate surface area is 153 Å². The lowest BCUT2D eigenvalue weighted by Gasteiger charge is -2.09. The predicted molar refractivity (Wildman–Crippen MR) is 98.5 cm³/mol. The van der Waals surface area contributed by atoms with Crippen LogP contribution in [0.4, 0.5) is 4.39 Å². The van der Waals surface area contributed by atoms with Crippen molar-refractivity contribution in [1.29, 1.82) is 0 Å². The molecular formula is C20H24FN3O2. The monoisotopic (exact) mass is 357 g/mol. The molecule has 0 aliphatic carbocycles. The second-order valence-electron chi connectivity index (χ2n) is 6.47. The minimum Gasteiger partial charge on any atom is -0.352 e. The maximum absolute atomic E-state index is 13.6. The maximum atomic E-state index is 13.6. The Morgan fingerprint density at radius 1 is 1.08 bits per heavy atom. The second kappa shape index (κ2) is 9.65. The van der Waals surface area contributed by atoms with Crippen LogP contribution in [0.25, 0.3) is 0 Å². The van der Waals surface area contributed by atoms with Crippen molar-refractivity contribution < 1.29 is 14.0 Å². The number of carbonyl (C=O) groups is 2. The number of halogens is 1. The van der Waals surface area contributed by atoms with Gasteiger partial charge in [-0.2, -0.15) is 0 Å². The van der Waals surface area contributed by atoms with Crippen LogP contribution in [0, 0.1) is 11.7 Å². The van der Waals surface area contributed by atoms with Gasteiger partial charge in [-0.05, 0) is 42.5 Å². The number of nitrogens with zero attached hydrogens (tertiary/aromatic N) is 1. The summed E-state index contributed by atoms with van der Waals surface area (Å²) in [6.07, 6.45) is 2.71. The molecule has 2 amide bonds. The van der Waals surface area contributed by atoms with Crippen LogP contribution in [0.2, 0.25) is 0 Å². The van der Waals surface area contributed by atoms with Crippen molar-refractivity contribution in [3.63, 3.8) is 0 Å². The van der Waals surface area contributed by atoms with Crippen LogP contribution in [-0.2, 0) is 6.42 Å². The van der Waals surface area contributed by atoms with E-state index in [1.807, 2.05) is 0 Å². The number of amides is 2. The smallest absolute Gasteiger partial charge is 0.269 e. The van der Waals surface area contributed by atoms with Gasteiger partial charge in [0.2, 0.25) is 0 Å². The zero-order chi connectivity index (χ0) is 18.9. The van der Waals surface area contributed by atoms with Crippen LogP contribution >= 0.6 is 0 Å². The van der Waals surface area contributed by atoms with Crippen molar-refractivity contribution in [1.82, 2.24) is 15.6 Å². The average molecular weight is 357 g/mol. The van der Waals surface area contributed by atoms with Gasteiger partial charge in [-0.3, -0.25) is 14.6 Å². The minimum absolute atomic E-state index is 0.162. The number of hydrogen-bond acceptors (Lipinski definition) is 3. The Kier molecular flexibility index (Phi) is 7.26. The zero-order valence-electron chi connectivity index (χ0n) is 15.1. The van der Waals surface area contributed by atoms with Crippen LogP contribution in [0.1, 0.15) is 46.7 Å². The highest BCUT2D eigenvalue weighted by Gasteiger charge is 2.12. The van der Waals surface area contributed by atoms with Gasteiger partial charge in [0.25, 0.3) is 11.8 Å². The first-order valence-corrected chi connectivity index (χ1v) is 8.73. The number of nitrogens with one attached hydrogen (secondary N) is 2. The van der Waals surface area contributed by atoms with E-state index in [0.717, 1.165) is 6.42 Å². The summed E-state index contributed by atoms with van der Waals surface area (Å²) in [4.78, 5) is 28.3. The maximum Gasteiger partial charge on any atom is 0.269 e. The van der Waals surface area contributed by atoms with E-state index in [1.165, 1.54) is 18.3 Å². The number of hydrogen-bond donors (Lipinski definition) is 2. The minimum atomic E-state index is -0.391. The van der Waals surface area contributed by atoms with Gasteiger partial charge in [0.15, 0.2) is 0 Å². The molecule has 138 valence electrons. The standard InChI is InChI=1S/C20H24FN3O2/c1-14(2)7-10-23-19(25)16-9-11-22-18(13-16)20(26)24-12-8-15-5-3-4-6-17(15)21/h3-6,9,11,13-14H,7-8,10,12H2,1-2H3,(H,23,25)(H,24,26). The summed E-state index contributed by atoms with van der Waals surface area (Å²) < 4.78 is 13.6. The second-order valence-corrected chi connectivity index (χ2v) is 6.47. The molecule has 2 aromatic rings. The van der Waals surface area contributed by atoms with Crippen LogP contribution in [0.15, 0.2) is 42.6 Å². The topological polar surface area (TPSA) is 71.1 Å². The van der Waals surface area contributed by atoms with E-state index in [1.54, 1.807) is 24.3 Å². The van der Waals surface area contributed by atoms with E-state index in [-0.39, 0.29) is 24.0 Å². The summed E-state index contributed by atoms with van der Waals surface area (Å²) >= 11 is 0. The molecule has 0 unspecified atom stereocenters. The molecule has 0 fully saturated rings. The third-order valence-corrected chi connectivity index (χ3v) is 3.90. The summed E-state index contributed by atoms with van der Waals surface area (Å²) in [7, 11) is 0. The summed E-state index contributed by atoms with van der Waals surface area (Å²) in [5.74, 6) is -0.407. The molecular weight excluding hydrogens is 333 g/mol. The van der Waals surface area contributed by atoms with Crippen molar-refractivity contribution in [2.45, 2.75) is 26.7 Å². The van der Waals surface area contributed by atoms with Gasteiger partial charge >= 0.3 is 0 Å². The lowest BCUT2D eigenvalue weighted by Crippen LogP contribution is -2.28. The van der Waals surface area contributed by atoms with E-state index in [0.29, 0.717) is 30.0 Å². The lowest BCUT2D eigenvalue weighted by atomic mass is 10.1. The summed E-state index contributed by atoms with van der Waals surface area (Å²) in [5, 5.41) is 5.53. The summed E-state index contributed by atoms with van der Waals surface area (Å²) in [6.45, 7) is 5.04. The molecule has 0 aliphatic rings. The first-order chi connectivity index (χ1) is 12.5. The molecule has 0 radical (unpaired) electrons. The molecule has 2 N–H and O–H groups in total. The van der Waals surface area contributed by atoms with E-state index in [4.69, 9.17) is 0 Å². The van der Waals surface area contributed by atoms with Crippen molar-refractivity contribution >= 4 is 11.8 Å². The third-order valence-electron chi connectivity index (χ3n) is 3.90. The van der Waals surface area contributed by atoms with Gasteiger partial charge in [0.05, 0.1) is 0 Å². The Balaban J connectivity index is 1.89. The fraction of sp³-hybridized carbons (Fsp3) is 0.350. The molecule has 0 saturated carbocycles. The molecule has 26 heavy (non-hydrogen) atoms. The highest BCUT2D eigenvalue weighted by Crippen LogP contribution is 2.07. The zero-order valence-corrected chi connectivity index (χ0v) is 15.1. The molecule has 0 aliphatic heterocycles. The van der Waals surface area contributed by atoms with E-state index >= 15 is 0 Å². The Morgan fingerprint density at radius 3 is 2.54 bits per heavy atom. The molecule has 1 heterocycles. The number of pyridine rings is 1. The first-order valence-electron chi connectivity index (χ1n) is 8.73. The van der Waals surface area contributed by atoms with Gasteiger partial charge in [0.1, 0.15) is 11.5 Å². The van der Waals surface area contributed by atoms with Crippen LogP contribution in [-0.4, -0.2) is 29.9 Å². The largest absolute Gasteiger partial charge is 0.352 e. The molecule has 2 rings (SSSR count). The predicted octanol–water partition coefficient (Wildman–Crippen LogP) is 2.97. The van der Waals surface area contributed by atoms with Crippen LogP contribution in [0.3, 0.4) is 0 Å². The summed E-state index contributed by atoms with van der Waals surface area (Å²) in [6, 6.07) is 9.48. The number of benzene rings is 1. The van der Waals surface area contributed by atoms with Gasteiger partial charge in [0, 0.05) is 24.8 Å². The fourth-order valence-corrected chi connectivity index (χ4v) is 2.37. The normalized spacial score (nSPS) is 10.6. The Hall–Kier alpha value is -2.76. The molecule has 0 saturated heterocycles. The van der Waals surface area contributed by atoms with Gasteiger partial charge in [-0.15, -0.1) is 0 Å². The fourth-order valence-electron chi connectivity index (χ4n) is 2.37. The van der Waals surface area contributed by atoms with E-state index in [2.05, 4.69) is 29.5 Å². The van der Waals surface area contributed by atoms with Crippen molar-refractivity contribution in [2.24, 2.45) is 5.92 Å². The molecule has 1 aromatic heterocycles. The average Bonchev–Trinajstić information content (AvgIpc) is 2.63. The van der Waals surface area contributed by atoms with Gasteiger partial charge < -0.3 is 10.6 Å². The molecule has 5 nitrogen and oxygen atoms in total. The van der Waals surface area contributed by atoms with Gasteiger partial charge in [-0.1, -0.05) is 32.0 Å². The first kappa shape index (κ1) is 19.6. The molecule has 1 aromatic carbocycles. The quantitative estimate of drug-likeness (QED) is 0.763. The third kappa shape index (κ3) is 5.95. The van der Waals surface area contributed by atoms with E-state index < -0.39 is 5.91 Å². The molecule has 0 spiro atoms. The van der Waals surface area contributed by atoms with E-state index in [9.17, 15) is 14.0 Å². The molecule has 0 bridgehead atoms. The van der Waals surface area contributed by atoms with Crippen LogP contribution < -0.4 is 10.6 Å². The van der Waals surface area contributed by atoms with Crippen molar-refractivity contribution in [2.75, 3.05) is 13.1 Å². The Morgan fingerprint density at radius 2 is 1.81 bits per heavy atom. The highest BCUT2D eigenvalue weighted by molar-refractivity contribution is 5.98. The summed E-state index contributed by atoms with van der Waals surface area (Å²) in [5.41, 5.74) is 1.09. The number of rotatable bonds is 8. The van der Waals surface area contributed by atoms with Gasteiger partial charge in [-0.25, -0.2) is 4.39 Å². The Bertz CT molecular complexity index is 762. The van der Waals surface area contributed by atoms with Crippen molar-refractivity contribution in [3.8, 4) is 0 Å². The van der Waals surface area contributed by atoms with Crippen LogP contribution in [0.5, 0.6) is 0 Å². The number of aromatic nitrogens is 1. The lowest BCUT2D eigenvalue weighted by molar-refractivity contribution is 0.0949. The van der Waals surface area contributed by atoms with Crippen molar-refractivity contribution in [3.05, 3.63) is 65.2 Å². The molecule has 0 atom stereocenters. The SMILES string of the molecule is CC(C)CCNC(=O)c1ccnc(C(=O)NCCc2ccccc2F)c1. The number of carbonyl (C=O) groups excluding carboxylic acids is 2. The highest BCUT2D eigenvalue weighted by atomic mass is 19.1. The molecule has 6 heteroatoms.